The zero-order valence-corrected chi connectivity index (χ0v) is 10.8. The molecule has 0 spiro atoms. The van der Waals surface area contributed by atoms with Crippen LogP contribution in [0.15, 0.2) is 24.4 Å². The third-order valence-corrected chi connectivity index (χ3v) is 2.44. The molecule has 0 bridgehead atoms. The number of aromatic nitrogens is 1. The number of hydrogen-bond donors (Lipinski definition) is 2. The quantitative estimate of drug-likeness (QED) is 0.622. The van der Waals surface area contributed by atoms with Gasteiger partial charge in [-0.1, -0.05) is 6.07 Å². The van der Waals surface area contributed by atoms with Crippen molar-refractivity contribution in [2.24, 2.45) is 0 Å². The molecule has 1 amide bonds. The number of aryl methyl sites for hydroxylation is 1. The Labute approximate surface area is 108 Å². The number of nitrogens with zero attached hydrogens (tertiary/aromatic N) is 1. The van der Waals surface area contributed by atoms with Crippen molar-refractivity contribution in [3.8, 4) is 0 Å². The molecule has 1 rings (SSSR count). The van der Waals surface area contributed by atoms with E-state index < -0.39 is 0 Å². The summed E-state index contributed by atoms with van der Waals surface area (Å²) >= 11 is 0. The fourth-order valence-corrected chi connectivity index (χ4v) is 1.47. The fourth-order valence-electron chi connectivity index (χ4n) is 1.47. The minimum absolute atomic E-state index is 0.0641. The van der Waals surface area contributed by atoms with Gasteiger partial charge >= 0.3 is 0 Å². The van der Waals surface area contributed by atoms with Crippen LogP contribution in [0.4, 0.5) is 0 Å². The van der Waals surface area contributed by atoms with Crippen molar-refractivity contribution in [3.05, 3.63) is 30.1 Å². The summed E-state index contributed by atoms with van der Waals surface area (Å²) in [5, 5.41) is 6.02. The van der Waals surface area contributed by atoms with Gasteiger partial charge in [0.25, 0.3) is 0 Å². The molecule has 0 saturated carbocycles. The van der Waals surface area contributed by atoms with E-state index in [4.69, 9.17) is 4.74 Å². The van der Waals surface area contributed by atoms with Gasteiger partial charge in [0.15, 0.2) is 0 Å². The van der Waals surface area contributed by atoms with Gasteiger partial charge in [-0.05, 0) is 18.6 Å². The minimum atomic E-state index is 0.0641. The van der Waals surface area contributed by atoms with Gasteiger partial charge in [0.2, 0.25) is 5.91 Å². The molecule has 0 aliphatic carbocycles. The smallest absolute Gasteiger partial charge is 0.220 e. The maximum absolute atomic E-state index is 11.5. The van der Waals surface area contributed by atoms with Crippen molar-refractivity contribution in [2.45, 2.75) is 12.8 Å². The van der Waals surface area contributed by atoms with E-state index >= 15 is 0 Å². The molecule has 5 nitrogen and oxygen atoms in total. The minimum Gasteiger partial charge on any atom is -0.383 e. The van der Waals surface area contributed by atoms with Crippen molar-refractivity contribution in [3.63, 3.8) is 0 Å². The highest BCUT2D eigenvalue weighted by Crippen LogP contribution is 1.97. The van der Waals surface area contributed by atoms with Gasteiger partial charge in [-0.25, -0.2) is 0 Å². The molecule has 1 aromatic heterocycles. The Kier molecular flexibility index (Phi) is 7.75. The first-order valence-electron chi connectivity index (χ1n) is 6.19. The number of carbonyl (C=O) groups is 1. The molecular weight excluding hydrogens is 230 g/mol. The lowest BCUT2D eigenvalue weighted by Gasteiger charge is -2.06. The van der Waals surface area contributed by atoms with Gasteiger partial charge in [-0.3, -0.25) is 9.78 Å². The summed E-state index contributed by atoms with van der Waals surface area (Å²) < 4.78 is 4.90. The number of carbonyl (C=O) groups excluding carboxylic acids is 1. The zero-order valence-electron chi connectivity index (χ0n) is 10.8. The molecule has 0 unspecified atom stereocenters. The van der Waals surface area contributed by atoms with E-state index in [1.165, 1.54) is 0 Å². The summed E-state index contributed by atoms with van der Waals surface area (Å²) in [4.78, 5) is 15.7. The van der Waals surface area contributed by atoms with Gasteiger partial charge in [0.05, 0.1) is 6.61 Å². The van der Waals surface area contributed by atoms with Gasteiger partial charge in [0.1, 0.15) is 0 Å². The standard InChI is InChI=1S/C13H21N3O2/c1-18-11-10-14-8-9-16-13(17)6-5-12-4-2-3-7-15-12/h2-4,7,14H,5-6,8-11H2,1H3,(H,16,17). The average molecular weight is 251 g/mol. The summed E-state index contributed by atoms with van der Waals surface area (Å²) in [7, 11) is 1.67. The molecule has 0 aliphatic heterocycles. The first kappa shape index (κ1) is 14.6. The number of nitrogens with one attached hydrogen (secondary N) is 2. The zero-order chi connectivity index (χ0) is 13.1. The lowest BCUT2D eigenvalue weighted by Crippen LogP contribution is -2.33. The van der Waals surface area contributed by atoms with E-state index in [0.29, 0.717) is 26.0 Å². The van der Waals surface area contributed by atoms with E-state index in [1.807, 2.05) is 18.2 Å². The summed E-state index contributed by atoms with van der Waals surface area (Å²) in [6, 6.07) is 5.73. The number of methoxy groups -OCH3 is 1. The number of hydrogen-bond acceptors (Lipinski definition) is 4. The molecule has 100 valence electrons. The van der Waals surface area contributed by atoms with Crippen molar-refractivity contribution in [2.75, 3.05) is 33.4 Å². The highest BCUT2D eigenvalue weighted by atomic mass is 16.5. The molecule has 5 heteroatoms. The predicted molar refractivity (Wildman–Crippen MR) is 70.3 cm³/mol. The van der Waals surface area contributed by atoms with E-state index in [1.54, 1.807) is 13.3 Å². The van der Waals surface area contributed by atoms with Crippen LogP contribution < -0.4 is 10.6 Å². The van der Waals surface area contributed by atoms with E-state index in [9.17, 15) is 4.79 Å². The third kappa shape index (κ3) is 6.98. The van der Waals surface area contributed by atoms with Gasteiger partial charge < -0.3 is 15.4 Å². The maximum Gasteiger partial charge on any atom is 0.220 e. The number of ether oxygens (including phenoxy) is 1. The van der Waals surface area contributed by atoms with Gasteiger partial charge in [-0.2, -0.15) is 0 Å². The number of pyridine rings is 1. The molecule has 0 saturated heterocycles. The Balaban J connectivity index is 2.01. The van der Waals surface area contributed by atoms with Crippen molar-refractivity contribution in [1.82, 2.24) is 15.6 Å². The molecule has 0 aromatic carbocycles. The Hall–Kier alpha value is -1.46. The first-order valence-corrected chi connectivity index (χ1v) is 6.19. The molecule has 0 atom stereocenters. The normalized spacial score (nSPS) is 10.3. The van der Waals surface area contributed by atoms with Gasteiger partial charge in [-0.15, -0.1) is 0 Å². The Bertz CT molecular complexity index is 330. The molecule has 0 radical (unpaired) electrons. The molecule has 1 heterocycles. The molecular formula is C13H21N3O2. The average Bonchev–Trinajstić information content (AvgIpc) is 2.41. The number of amides is 1. The maximum atomic E-state index is 11.5. The Morgan fingerprint density at radius 1 is 1.33 bits per heavy atom. The second-order valence-electron chi connectivity index (χ2n) is 3.91. The monoisotopic (exact) mass is 251 g/mol. The van der Waals surface area contributed by atoms with Crippen LogP contribution in [0.3, 0.4) is 0 Å². The van der Waals surface area contributed by atoms with Crippen molar-refractivity contribution < 1.29 is 9.53 Å². The first-order chi connectivity index (χ1) is 8.83. The van der Waals surface area contributed by atoms with Crippen LogP contribution >= 0.6 is 0 Å². The molecule has 0 fully saturated rings. The second kappa shape index (κ2) is 9.56. The van der Waals surface area contributed by atoms with Crippen LogP contribution in [-0.2, 0) is 16.0 Å². The molecule has 2 N–H and O–H groups in total. The highest BCUT2D eigenvalue weighted by Gasteiger charge is 2.01. The third-order valence-electron chi connectivity index (χ3n) is 2.44. The molecule has 0 aliphatic rings. The van der Waals surface area contributed by atoms with Gasteiger partial charge in [0, 0.05) is 45.1 Å². The lowest BCUT2D eigenvalue weighted by molar-refractivity contribution is -0.121. The molecule has 1 aromatic rings. The summed E-state index contributed by atoms with van der Waals surface area (Å²) in [5.74, 6) is 0.0641. The highest BCUT2D eigenvalue weighted by molar-refractivity contribution is 5.76. The van der Waals surface area contributed by atoms with Crippen molar-refractivity contribution in [1.29, 1.82) is 0 Å². The fraction of sp³-hybridized carbons (Fsp3) is 0.538. The van der Waals surface area contributed by atoms with E-state index in [-0.39, 0.29) is 5.91 Å². The largest absolute Gasteiger partial charge is 0.383 e. The summed E-state index contributed by atoms with van der Waals surface area (Å²) in [5.41, 5.74) is 0.950. The SMILES string of the molecule is COCCNCCNC(=O)CCc1ccccn1. The van der Waals surface area contributed by atoms with Crippen LogP contribution in [0.25, 0.3) is 0 Å². The second-order valence-corrected chi connectivity index (χ2v) is 3.91. The van der Waals surface area contributed by atoms with Crippen LogP contribution in [0.2, 0.25) is 0 Å². The lowest BCUT2D eigenvalue weighted by atomic mass is 10.2. The topological polar surface area (TPSA) is 63.2 Å². The summed E-state index contributed by atoms with van der Waals surface area (Å²) in [6.45, 7) is 2.90. The Morgan fingerprint density at radius 3 is 2.94 bits per heavy atom. The van der Waals surface area contributed by atoms with Crippen molar-refractivity contribution >= 4 is 5.91 Å². The van der Waals surface area contributed by atoms with Crippen LogP contribution in [0.1, 0.15) is 12.1 Å². The summed E-state index contributed by atoms with van der Waals surface area (Å²) in [6.07, 6.45) is 2.91. The number of rotatable bonds is 9. The van der Waals surface area contributed by atoms with Crippen LogP contribution in [-0.4, -0.2) is 44.2 Å². The van der Waals surface area contributed by atoms with Crippen LogP contribution in [0.5, 0.6) is 0 Å². The van der Waals surface area contributed by atoms with E-state index in [0.717, 1.165) is 18.8 Å². The molecule has 18 heavy (non-hydrogen) atoms. The predicted octanol–water partition coefficient (Wildman–Crippen LogP) is 0.366. The Morgan fingerprint density at radius 2 is 2.22 bits per heavy atom. The van der Waals surface area contributed by atoms with E-state index in [2.05, 4.69) is 15.6 Å². The van der Waals surface area contributed by atoms with Crippen LogP contribution in [0, 0.1) is 0 Å².